The van der Waals surface area contributed by atoms with Crippen LogP contribution in [0.5, 0.6) is 0 Å². The van der Waals surface area contributed by atoms with Crippen molar-refractivity contribution in [1.29, 1.82) is 0 Å². The number of aryl methyl sites for hydroxylation is 1. The second kappa shape index (κ2) is 9.46. The monoisotopic (exact) mass is 327 g/mol. The minimum absolute atomic E-state index is 0.181. The first-order chi connectivity index (χ1) is 11.3. The highest BCUT2D eigenvalue weighted by atomic mass is 16.1. The Bertz CT molecular complexity index is 625. The van der Waals surface area contributed by atoms with Gasteiger partial charge in [-0.3, -0.25) is 4.79 Å². The van der Waals surface area contributed by atoms with E-state index in [0.717, 1.165) is 18.5 Å². The maximum Gasteiger partial charge on any atom is 0.149 e. The second-order valence-electron chi connectivity index (χ2n) is 6.78. The van der Waals surface area contributed by atoms with E-state index >= 15 is 0 Å². The number of anilines is 1. The Labute approximate surface area is 148 Å². The molecular formula is C22H33NO. The van der Waals surface area contributed by atoms with Crippen molar-refractivity contribution in [2.75, 3.05) is 18.5 Å². The van der Waals surface area contributed by atoms with Gasteiger partial charge in [-0.25, -0.2) is 0 Å². The van der Waals surface area contributed by atoms with Crippen molar-refractivity contribution < 1.29 is 4.79 Å². The molecule has 0 saturated heterocycles. The molecule has 1 atom stereocenters. The standard InChI is InChI=1S/C22H33NO/c1-8-10-11-21(19(6)16(3)9-2)20-12-13-22(17(4)14-20)23(7)15-18(5)24/h10-14,16H,8-9,15H2,1-7H3/b11-10-,21-19-. The van der Waals surface area contributed by atoms with Crippen molar-refractivity contribution in [2.45, 2.75) is 54.4 Å². The molecule has 132 valence electrons. The molecule has 1 rings (SSSR count). The number of carbonyl (C=O) groups excluding carboxylic acids is 1. The molecule has 0 aliphatic heterocycles. The Kier molecular flexibility index (Phi) is 7.97. The summed E-state index contributed by atoms with van der Waals surface area (Å²) in [5, 5.41) is 0. The van der Waals surface area contributed by atoms with E-state index in [9.17, 15) is 4.79 Å². The van der Waals surface area contributed by atoms with E-state index in [1.165, 1.54) is 22.3 Å². The van der Waals surface area contributed by atoms with Gasteiger partial charge in [0.15, 0.2) is 0 Å². The second-order valence-corrected chi connectivity index (χ2v) is 6.78. The number of rotatable bonds is 8. The molecule has 0 fully saturated rings. The smallest absolute Gasteiger partial charge is 0.149 e. The molecule has 0 N–H and O–H groups in total. The lowest BCUT2D eigenvalue weighted by molar-refractivity contribution is -0.115. The Balaban J connectivity index is 3.29. The van der Waals surface area contributed by atoms with Crippen LogP contribution >= 0.6 is 0 Å². The lowest BCUT2D eigenvalue weighted by Gasteiger charge is -2.22. The Hall–Kier alpha value is -1.83. The zero-order chi connectivity index (χ0) is 18.3. The van der Waals surface area contributed by atoms with Gasteiger partial charge in [0.25, 0.3) is 0 Å². The van der Waals surface area contributed by atoms with Gasteiger partial charge >= 0.3 is 0 Å². The third-order valence-electron chi connectivity index (χ3n) is 4.68. The third-order valence-corrected chi connectivity index (χ3v) is 4.68. The summed E-state index contributed by atoms with van der Waals surface area (Å²) >= 11 is 0. The molecular weight excluding hydrogens is 294 g/mol. The lowest BCUT2D eigenvalue weighted by Crippen LogP contribution is -2.24. The first-order valence-electron chi connectivity index (χ1n) is 9.00. The van der Waals surface area contributed by atoms with Gasteiger partial charge in [-0.15, -0.1) is 0 Å². The van der Waals surface area contributed by atoms with Gasteiger partial charge in [-0.1, -0.05) is 44.6 Å². The molecule has 1 aromatic carbocycles. The number of hydrogen-bond acceptors (Lipinski definition) is 2. The molecule has 0 bridgehead atoms. The fraction of sp³-hybridized carbons (Fsp3) is 0.500. The first kappa shape index (κ1) is 20.2. The summed E-state index contributed by atoms with van der Waals surface area (Å²) in [6, 6.07) is 6.56. The molecule has 0 amide bonds. The van der Waals surface area contributed by atoms with Crippen molar-refractivity contribution in [1.82, 2.24) is 0 Å². The average molecular weight is 328 g/mol. The van der Waals surface area contributed by atoms with E-state index in [-0.39, 0.29) is 5.78 Å². The van der Waals surface area contributed by atoms with E-state index in [2.05, 4.69) is 65.0 Å². The van der Waals surface area contributed by atoms with Crippen LogP contribution in [0.3, 0.4) is 0 Å². The van der Waals surface area contributed by atoms with E-state index in [1.807, 2.05) is 11.9 Å². The van der Waals surface area contributed by atoms with Gasteiger partial charge in [0, 0.05) is 12.7 Å². The fourth-order valence-electron chi connectivity index (χ4n) is 2.93. The van der Waals surface area contributed by atoms with Crippen molar-refractivity contribution >= 4 is 17.0 Å². The summed E-state index contributed by atoms with van der Waals surface area (Å²) in [5.74, 6) is 0.752. The molecule has 1 unspecified atom stereocenters. The van der Waals surface area contributed by atoms with Gasteiger partial charge in [0.05, 0.1) is 6.54 Å². The van der Waals surface area contributed by atoms with Crippen molar-refractivity contribution in [2.24, 2.45) is 5.92 Å². The molecule has 0 saturated carbocycles. The summed E-state index contributed by atoms with van der Waals surface area (Å²) in [6.07, 6.45) is 6.67. The minimum Gasteiger partial charge on any atom is -0.367 e. The van der Waals surface area contributed by atoms with Crippen LogP contribution in [-0.2, 0) is 4.79 Å². The zero-order valence-corrected chi connectivity index (χ0v) is 16.4. The average Bonchev–Trinajstić information content (AvgIpc) is 2.53. The Morgan fingerprint density at radius 2 is 1.92 bits per heavy atom. The van der Waals surface area contributed by atoms with Crippen LogP contribution in [0.2, 0.25) is 0 Å². The molecule has 0 heterocycles. The lowest BCUT2D eigenvalue weighted by atomic mass is 9.90. The Morgan fingerprint density at radius 1 is 1.25 bits per heavy atom. The third kappa shape index (κ3) is 5.36. The van der Waals surface area contributed by atoms with Crippen LogP contribution in [0, 0.1) is 12.8 Å². The van der Waals surface area contributed by atoms with Gasteiger partial charge in [-0.05, 0) is 68.4 Å². The van der Waals surface area contributed by atoms with Crippen LogP contribution in [0.15, 0.2) is 35.9 Å². The number of nitrogens with zero attached hydrogens (tertiary/aromatic N) is 1. The Morgan fingerprint density at radius 3 is 2.42 bits per heavy atom. The highest BCUT2D eigenvalue weighted by Crippen LogP contribution is 2.30. The zero-order valence-electron chi connectivity index (χ0n) is 16.4. The molecule has 0 radical (unpaired) electrons. The topological polar surface area (TPSA) is 20.3 Å². The van der Waals surface area contributed by atoms with Crippen LogP contribution in [0.25, 0.3) is 5.57 Å². The minimum atomic E-state index is 0.181. The normalized spacial score (nSPS) is 13.8. The quantitative estimate of drug-likeness (QED) is 0.562. The van der Waals surface area contributed by atoms with Gasteiger partial charge in [0.1, 0.15) is 5.78 Å². The first-order valence-corrected chi connectivity index (χ1v) is 9.00. The van der Waals surface area contributed by atoms with Crippen LogP contribution in [-0.4, -0.2) is 19.4 Å². The summed E-state index contributed by atoms with van der Waals surface area (Å²) in [7, 11) is 1.97. The summed E-state index contributed by atoms with van der Waals surface area (Å²) < 4.78 is 0. The number of ketones is 1. The van der Waals surface area contributed by atoms with Crippen molar-refractivity contribution in [3.05, 3.63) is 47.1 Å². The van der Waals surface area contributed by atoms with E-state index in [4.69, 9.17) is 0 Å². The molecule has 0 aromatic heterocycles. The van der Waals surface area contributed by atoms with E-state index in [0.29, 0.717) is 12.5 Å². The maximum absolute atomic E-state index is 11.4. The number of allylic oxidation sites excluding steroid dienone is 4. The number of likely N-dealkylation sites (N-methyl/N-ethyl adjacent to an activating group) is 1. The number of Topliss-reactive ketones (excluding diaryl/α,β-unsaturated/α-hetero) is 1. The predicted octanol–water partition coefficient (Wildman–Crippen LogP) is 5.81. The van der Waals surface area contributed by atoms with Crippen LogP contribution in [0.1, 0.15) is 58.6 Å². The fourth-order valence-corrected chi connectivity index (χ4v) is 2.93. The molecule has 2 heteroatoms. The highest BCUT2D eigenvalue weighted by molar-refractivity contribution is 5.82. The number of carbonyl (C=O) groups is 1. The molecule has 0 aliphatic carbocycles. The number of hydrogen-bond donors (Lipinski definition) is 0. The molecule has 0 aliphatic rings. The van der Waals surface area contributed by atoms with Crippen molar-refractivity contribution in [3.8, 4) is 0 Å². The molecule has 2 nitrogen and oxygen atoms in total. The summed E-state index contributed by atoms with van der Waals surface area (Å²) in [5.41, 5.74) is 6.35. The molecule has 0 spiro atoms. The van der Waals surface area contributed by atoms with E-state index < -0.39 is 0 Å². The summed E-state index contributed by atoms with van der Waals surface area (Å²) in [6.45, 7) is 13.1. The number of benzene rings is 1. The van der Waals surface area contributed by atoms with Crippen LogP contribution < -0.4 is 4.90 Å². The molecule has 1 aromatic rings. The van der Waals surface area contributed by atoms with Gasteiger partial charge in [-0.2, -0.15) is 0 Å². The van der Waals surface area contributed by atoms with E-state index in [1.54, 1.807) is 6.92 Å². The largest absolute Gasteiger partial charge is 0.367 e. The predicted molar refractivity (Wildman–Crippen MR) is 107 cm³/mol. The van der Waals surface area contributed by atoms with Gasteiger partial charge in [0.2, 0.25) is 0 Å². The highest BCUT2D eigenvalue weighted by Gasteiger charge is 2.12. The molecule has 24 heavy (non-hydrogen) atoms. The van der Waals surface area contributed by atoms with Gasteiger partial charge < -0.3 is 4.90 Å². The SMILES string of the molecule is CC/C=C\C(=C(/C)C(C)CC)c1ccc(N(C)CC(C)=O)c(C)c1. The van der Waals surface area contributed by atoms with Crippen molar-refractivity contribution in [3.63, 3.8) is 0 Å². The van der Waals surface area contributed by atoms with Crippen LogP contribution in [0.4, 0.5) is 5.69 Å². The summed E-state index contributed by atoms with van der Waals surface area (Å²) in [4.78, 5) is 13.4. The maximum atomic E-state index is 11.4.